The number of pyridine rings is 1. The largest absolute Gasteiger partial charge is 0.256 e. The molecular weight excluding hydrogens is 506 g/mol. The summed E-state index contributed by atoms with van der Waals surface area (Å²) in [4.78, 5) is 4.83. The Balaban J connectivity index is 1.36. The minimum Gasteiger partial charge on any atom is -0.256 e. The molecule has 1 aliphatic rings. The number of fused-ring (bicyclic) bond motifs is 12. The van der Waals surface area contributed by atoms with Crippen LogP contribution >= 0.6 is 0 Å². The summed E-state index contributed by atoms with van der Waals surface area (Å²) in [5, 5.41) is 15.5. The van der Waals surface area contributed by atoms with E-state index in [1.54, 1.807) is 0 Å². The second kappa shape index (κ2) is 8.02. The molecule has 1 heterocycles. The van der Waals surface area contributed by atoms with Crippen LogP contribution < -0.4 is 0 Å². The number of hydrogen-bond donors (Lipinski definition) is 0. The molecule has 0 radical (unpaired) electrons. The predicted molar refractivity (Wildman–Crippen MR) is 179 cm³/mol. The minimum absolute atomic E-state index is 1.09. The molecule has 9 aromatic rings. The lowest BCUT2D eigenvalue weighted by molar-refractivity contribution is 1.35. The van der Waals surface area contributed by atoms with E-state index in [1.807, 2.05) is 12.3 Å². The zero-order valence-electron chi connectivity index (χ0n) is 22.7. The normalized spacial score (nSPS) is 12.3. The van der Waals surface area contributed by atoms with Crippen molar-refractivity contribution in [3.8, 4) is 33.5 Å². The molecule has 0 bridgehead atoms. The van der Waals surface area contributed by atoms with Crippen molar-refractivity contribution in [1.82, 2.24) is 4.98 Å². The molecule has 0 atom stereocenters. The maximum Gasteiger partial charge on any atom is 0.0787 e. The third kappa shape index (κ3) is 2.80. The minimum atomic E-state index is 1.09. The van der Waals surface area contributed by atoms with Crippen molar-refractivity contribution in [1.29, 1.82) is 0 Å². The number of nitrogens with zero attached hydrogens (tertiary/aromatic N) is 1. The molecule has 0 saturated heterocycles. The van der Waals surface area contributed by atoms with Gasteiger partial charge in [-0.05, 0) is 99.5 Å². The van der Waals surface area contributed by atoms with E-state index in [9.17, 15) is 0 Å². The van der Waals surface area contributed by atoms with Gasteiger partial charge in [-0.25, -0.2) is 0 Å². The second-order valence-electron chi connectivity index (χ2n) is 11.5. The summed E-state index contributed by atoms with van der Waals surface area (Å²) in [6, 6.07) is 49.4. The van der Waals surface area contributed by atoms with E-state index in [1.165, 1.54) is 92.5 Å². The Hall–Kier alpha value is -5.53. The standard InChI is InChI=1S/C41H23N/c1-2-9-26-24(8-1)17-18-25-19-20-30-29(12-5-13-31(30)39(25)26)35-22-37-33-15-6-14-32-34-16-7-21-42-41(34)38(40(32)33)23-36(37)28-11-4-3-10-27(28)35/h1-23H. The first kappa shape index (κ1) is 22.2. The third-order valence-corrected chi connectivity index (χ3v) is 9.41. The van der Waals surface area contributed by atoms with E-state index in [-0.39, 0.29) is 0 Å². The first-order valence-corrected chi connectivity index (χ1v) is 14.6. The summed E-state index contributed by atoms with van der Waals surface area (Å²) in [5.74, 6) is 0. The highest BCUT2D eigenvalue weighted by atomic mass is 14.7. The molecule has 1 aromatic heterocycles. The lowest BCUT2D eigenvalue weighted by atomic mass is 9.87. The smallest absolute Gasteiger partial charge is 0.0787 e. The molecule has 0 aliphatic heterocycles. The molecule has 1 nitrogen and oxygen atoms in total. The summed E-state index contributed by atoms with van der Waals surface area (Å²) >= 11 is 0. The Labute approximate surface area is 242 Å². The molecule has 42 heavy (non-hydrogen) atoms. The van der Waals surface area contributed by atoms with Gasteiger partial charge in [-0.15, -0.1) is 0 Å². The number of benzene rings is 8. The van der Waals surface area contributed by atoms with Crippen molar-refractivity contribution >= 4 is 64.6 Å². The number of hydrogen-bond acceptors (Lipinski definition) is 1. The first-order valence-electron chi connectivity index (χ1n) is 14.6. The van der Waals surface area contributed by atoms with Gasteiger partial charge in [-0.1, -0.05) is 115 Å². The van der Waals surface area contributed by atoms with Gasteiger partial charge in [0.2, 0.25) is 0 Å². The summed E-state index contributed by atoms with van der Waals surface area (Å²) in [7, 11) is 0. The molecule has 1 heteroatoms. The van der Waals surface area contributed by atoms with E-state index < -0.39 is 0 Å². The number of aromatic nitrogens is 1. The Morgan fingerprint density at radius 3 is 1.83 bits per heavy atom. The van der Waals surface area contributed by atoms with Gasteiger partial charge in [-0.3, -0.25) is 4.98 Å². The van der Waals surface area contributed by atoms with E-state index in [2.05, 4.69) is 127 Å². The SMILES string of the molecule is c1cnc2c(c1)-c1cccc3c1c-2cc1c2ccccc2c(-c2cccc4c2ccc2ccc5ccccc5c24)cc31. The average Bonchev–Trinajstić information content (AvgIpc) is 3.38. The molecular formula is C41H23N. The molecule has 0 saturated carbocycles. The van der Waals surface area contributed by atoms with Gasteiger partial charge in [-0.2, -0.15) is 0 Å². The van der Waals surface area contributed by atoms with Gasteiger partial charge in [0, 0.05) is 17.3 Å². The van der Waals surface area contributed by atoms with Gasteiger partial charge in [0.05, 0.1) is 5.69 Å². The third-order valence-electron chi connectivity index (χ3n) is 9.41. The van der Waals surface area contributed by atoms with Gasteiger partial charge in [0.15, 0.2) is 0 Å². The molecule has 1 aliphatic carbocycles. The van der Waals surface area contributed by atoms with Crippen molar-refractivity contribution in [2.24, 2.45) is 0 Å². The molecule has 0 N–H and O–H groups in total. The van der Waals surface area contributed by atoms with Crippen LogP contribution in [0.25, 0.3) is 98.1 Å². The van der Waals surface area contributed by atoms with Crippen LogP contribution in [0.5, 0.6) is 0 Å². The lowest BCUT2D eigenvalue weighted by Crippen LogP contribution is -1.89. The average molecular weight is 530 g/mol. The maximum atomic E-state index is 4.83. The van der Waals surface area contributed by atoms with Crippen LogP contribution in [0.4, 0.5) is 0 Å². The quantitative estimate of drug-likeness (QED) is 0.193. The van der Waals surface area contributed by atoms with Crippen LogP contribution in [0.15, 0.2) is 140 Å². The maximum absolute atomic E-state index is 4.83. The van der Waals surface area contributed by atoms with E-state index >= 15 is 0 Å². The van der Waals surface area contributed by atoms with Crippen molar-refractivity contribution in [2.45, 2.75) is 0 Å². The van der Waals surface area contributed by atoms with E-state index in [4.69, 9.17) is 4.98 Å². The summed E-state index contributed by atoms with van der Waals surface area (Å²) in [6.45, 7) is 0. The Bertz CT molecular complexity index is 2630. The van der Waals surface area contributed by atoms with E-state index in [0.717, 1.165) is 5.69 Å². The van der Waals surface area contributed by atoms with Gasteiger partial charge < -0.3 is 0 Å². The fourth-order valence-electron chi connectivity index (χ4n) is 7.63. The molecule has 8 aromatic carbocycles. The Morgan fingerprint density at radius 1 is 0.310 bits per heavy atom. The topological polar surface area (TPSA) is 12.9 Å². The summed E-state index contributed by atoms with van der Waals surface area (Å²) < 4.78 is 0. The molecule has 0 unspecified atom stereocenters. The van der Waals surface area contributed by atoms with Crippen molar-refractivity contribution < 1.29 is 0 Å². The van der Waals surface area contributed by atoms with Crippen molar-refractivity contribution in [3.05, 3.63) is 140 Å². The van der Waals surface area contributed by atoms with Crippen molar-refractivity contribution in [2.75, 3.05) is 0 Å². The zero-order chi connectivity index (χ0) is 27.4. The van der Waals surface area contributed by atoms with Crippen LogP contribution in [0, 0.1) is 0 Å². The van der Waals surface area contributed by atoms with Crippen LogP contribution in [-0.4, -0.2) is 4.98 Å². The molecule has 10 rings (SSSR count). The van der Waals surface area contributed by atoms with Crippen molar-refractivity contribution in [3.63, 3.8) is 0 Å². The van der Waals surface area contributed by atoms with Crippen LogP contribution in [0.1, 0.15) is 0 Å². The van der Waals surface area contributed by atoms with E-state index in [0.29, 0.717) is 0 Å². The molecule has 192 valence electrons. The molecule has 0 spiro atoms. The van der Waals surface area contributed by atoms with Gasteiger partial charge >= 0.3 is 0 Å². The van der Waals surface area contributed by atoms with Crippen LogP contribution in [0.2, 0.25) is 0 Å². The monoisotopic (exact) mass is 529 g/mol. The number of rotatable bonds is 1. The fraction of sp³-hybridized carbons (Fsp3) is 0. The fourth-order valence-corrected chi connectivity index (χ4v) is 7.63. The zero-order valence-corrected chi connectivity index (χ0v) is 22.7. The van der Waals surface area contributed by atoms with Crippen LogP contribution in [-0.2, 0) is 0 Å². The molecule has 0 amide bonds. The first-order chi connectivity index (χ1) is 20.8. The van der Waals surface area contributed by atoms with Gasteiger partial charge in [0.1, 0.15) is 0 Å². The highest BCUT2D eigenvalue weighted by molar-refractivity contribution is 6.29. The lowest BCUT2D eigenvalue weighted by Gasteiger charge is -2.16. The van der Waals surface area contributed by atoms with Crippen LogP contribution in [0.3, 0.4) is 0 Å². The van der Waals surface area contributed by atoms with Gasteiger partial charge in [0.25, 0.3) is 0 Å². The summed E-state index contributed by atoms with van der Waals surface area (Å²) in [6.07, 6.45) is 1.91. The highest BCUT2D eigenvalue weighted by Crippen LogP contribution is 2.50. The second-order valence-corrected chi connectivity index (χ2v) is 11.5. The Morgan fingerprint density at radius 2 is 0.929 bits per heavy atom. The predicted octanol–water partition coefficient (Wildman–Crippen LogP) is 11.3. The molecule has 0 fully saturated rings. The highest BCUT2D eigenvalue weighted by Gasteiger charge is 2.24. The Kier molecular flexibility index (Phi) is 4.24. The summed E-state index contributed by atoms with van der Waals surface area (Å²) in [5.41, 5.74) is 7.39.